The van der Waals surface area contributed by atoms with Crippen LogP contribution in [0.4, 0.5) is 11.4 Å². The number of carbonyl (C=O) groups is 1. The second-order valence-corrected chi connectivity index (χ2v) is 9.57. The topological polar surface area (TPSA) is 84.5 Å². The monoisotopic (exact) mass is 492 g/mol. The van der Waals surface area contributed by atoms with E-state index in [-0.39, 0.29) is 15.5 Å². The van der Waals surface area contributed by atoms with Gasteiger partial charge in [0.15, 0.2) is 0 Å². The van der Waals surface area contributed by atoms with E-state index in [0.717, 1.165) is 5.56 Å². The molecule has 0 aliphatic heterocycles. The standard InChI is InChI=1S/C26H21ClN2O4S/c1-18-6-5-7-21(16-18)29-34(31,32)25-17-19(10-15-24(25)27)26(30)28-20-11-13-23(14-12-20)33-22-8-3-2-4-9-22/h2-17,29H,1H3,(H,28,30). The largest absolute Gasteiger partial charge is 0.457 e. The molecule has 0 radical (unpaired) electrons. The van der Waals surface area contributed by atoms with E-state index in [1.807, 2.05) is 43.3 Å². The molecule has 0 fully saturated rings. The first-order valence-electron chi connectivity index (χ1n) is 10.3. The molecular formula is C26H21ClN2O4S. The van der Waals surface area contributed by atoms with Crippen LogP contribution in [0.3, 0.4) is 0 Å². The normalized spacial score (nSPS) is 11.0. The third kappa shape index (κ3) is 5.75. The van der Waals surface area contributed by atoms with Gasteiger partial charge in [-0.15, -0.1) is 0 Å². The third-order valence-corrected chi connectivity index (χ3v) is 6.71. The van der Waals surface area contributed by atoms with Crippen LogP contribution < -0.4 is 14.8 Å². The molecule has 4 rings (SSSR count). The first-order chi connectivity index (χ1) is 16.3. The number of hydrogen-bond donors (Lipinski definition) is 2. The van der Waals surface area contributed by atoms with Crippen LogP contribution >= 0.6 is 11.6 Å². The van der Waals surface area contributed by atoms with Crippen molar-refractivity contribution >= 4 is 38.9 Å². The minimum Gasteiger partial charge on any atom is -0.457 e. The number of anilines is 2. The summed E-state index contributed by atoms with van der Waals surface area (Å²) >= 11 is 6.16. The summed E-state index contributed by atoms with van der Waals surface area (Å²) < 4.78 is 34.1. The van der Waals surface area contributed by atoms with Crippen LogP contribution in [0.15, 0.2) is 102 Å². The number of nitrogens with one attached hydrogen (secondary N) is 2. The van der Waals surface area contributed by atoms with Crippen molar-refractivity contribution in [1.29, 1.82) is 0 Å². The molecule has 0 aromatic heterocycles. The van der Waals surface area contributed by atoms with Crippen molar-refractivity contribution in [2.45, 2.75) is 11.8 Å². The van der Waals surface area contributed by atoms with Crippen LogP contribution in [0.1, 0.15) is 15.9 Å². The SMILES string of the molecule is Cc1cccc(NS(=O)(=O)c2cc(C(=O)Nc3ccc(Oc4ccccc4)cc3)ccc2Cl)c1. The number of amides is 1. The van der Waals surface area contributed by atoms with E-state index in [9.17, 15) is 13.2 Å². The van der Waals surface area contributed by atoms with Crippen LogP contribution in [0.2, 0.25) is 5.02 Å². The molecule has 172 valence electrons. The Kier molecular flexibility index (Phi) is 6.86. The lowest BCUT2D eigenvalue weighted by molar-refractivity contribution is 0.102. The predicted molar refractivity (Wildman–Crippen MR) is 134 cm³/mol. The summed E-state index contributed by atoms with van der Waals surface area (Å²) in [6.45, 7) is 1.86. The zero-order valence-electron chi connectivity index (χ0n) is 18.2. The molecule has 2 N–H and O–H groups in total. The maximum Gasteiger partial charge on any atom is 0.263 e. The van der Waals surface area contributed by atoms with Gasteiger partial charge < -0.3 is 10.1 Å². The smallest absolute Gasteiger partial charge is 0.263 e. The number of benzene rings is 4. The lowest BCUT2D eigenvalue weighted by Gasteiger charge is -2.12. The van der Waals surface area contributed by atoms with Crippen molar-refractivity contribution in [2.75, 3.05) is 10.0 Å². The summed E-state index contributed by atoms with van der Waals surface area (Å²) in [4.78, 5) is 12.6. The van der Waals surface area contributed by atoms with Crippen LogP contribution in [-0.2, 0) is 10.0 Å². The van der Waals surface area contributed by atoms with Crippen LogP contribution in [0, 0.1) is 6.92 Å². The minimum atomic E-state index is -4.00. The van der Waals surface area contributed by atoms with Gasteiger partial charge in [0.25, 0.3) is 15.9 Å². The summed E-state index contributed by atoms with van der Waals surface area (Å²) in [5, 5.41) is 2.76. The summed E-state index contributed by atoms with van der Waals surface area (Å²) in [5.74, 6) is 0.847. The van der Waals surface area contributed by atoms with E-state index in [1.165, 1.54) is 18.2 Å². The molecule has 34 heavy (non-hydrogen) atoms. The van der Waals surface area contributed by atoms with E-state index in [0.29, 0.717) is 22.9 Å². The van der Waals surface area contributed by atoms with Gasteiger partial charge >= 0.3 is 0 Å². The number of para-hydroxylation sites is 1. The van der Waals surface area contributed by atoms with Crippen molar-refractivity contribution in [1.82, 2.24) is 0 Å². The van der Waals surface area contributed by atoms with E-state index >= 15 is 0 Å². The quantitative estimate of drug-likeness (QED) is 0.308. The van der Waals surface area contributed by atoms with E-state index in [4.69, 9.17) is 16.3 Å². The summed E-state index contributed by atoms with van der Waals surface area (Å²) in [6, 6.07) is 27.2. The number of rotatable bonds is 7. The van der Waals surface area contributed by atoms with Gasteiger partial charge in [0.2, 0.25) is 0 Å². The molecule has 8 heteroatoms. The fourth-order valence-corrected chi connectivity index (χ4v) is 4.78. The zero-order valence-corrected chi connectivity index (χ0v) is 19.7. The molecule has 0 saturated heterocycles. The van der Waals surface area contributed by atoms with E-state index < -0.39 is 15.9 Å². The first-order valence-corrected chi connectivity index (χ1v) is 12.2. The molecule has 1 amide bonds. The summed E-state index contributed by atoms with van der Waals surface area (Å²) in [6.07, 6.45) is 0. The Bertz CT molecular complexity index is 1420. The highest BCUT2D eigenvalue weighted by Crippen LogP contribution is 2.27. The van der Waals surface area contributed by atoms with Crippen molar-refractivity contribution in [3.05, 3.63) is 113 Å². The molecular weight excluding hydrogens is 472 g/mol. The van der Waals surface area contributed by atoms with Gasteiger partial charge in [0, 0.05) is 16.9 Å². The van der Waals surface area contributed by atoms with Crippen LogP contribution in [0.5, 0.6) is 11.5 Å². The highest BCUT2D eigenvalue weighted by molar-refractivity contribution is 7.92. The number of hydrogen-bond acceptors (Lipinski definition) is 4. The van der Waals surface area contributed by atoms with Gasteiger partial charge in [0.05, 0.1) is 5.02 Å². The van der Waals surface area contributed by atoms with Crippen molar-refractivity contribution < 1.29 is 17.9 Å². The maximum absolute atomic E-state index is 12.9. The molecule has 0 saturated carbocycles. The molecule has 0 aliphatic rings. The highest BCUT2D eigenvalue weighted by Gasteiger charge is 2.20. The molecule has 4 aromatic carbocycles. The third-order valence-electron chi connectivity index (χ3n) is 4.84. The Hall–Kier alpha value is -3.81. The minimum absolute atomic E-state index is 0.0131. The maximum atomic E-state index is 12.9. The fourth-order valence-electron chi connectivity index (χ4n) is 3.20. The van der Waals surface area contributed by atoms with E-state index in [1.54, 1.807) is 42.5 Å². The van der Waals surface area contributed by atoms with Gasteiger partial charge in [-0.1, -0.05) is 41.9 Å². The highest BCUT2D eigenvalue weighted by atomic mass is 35.5. The Morgan fingerprint density at radius 3 is 2.21 bits per heavy atom. The molecule has 4 aromatic rings. The summed E-state index contributed by atoms with van der Waals surface area (Å²) in [7, 11) is -4.00. The number of carbonyl (C=O) groups excluding carboxylic acids is 1. The first kappa shape index (κ1) is 23.4. The average Bonchev–Trinajstić information content (AvgIpc) is 2.81. The molecule has 0 heterocycles. The fraction of sp³-hybridized carbons (Fsp3) is 0.0385. The number of aryl methyl sites for hydroxylation is 1. The van der Waals surface area contributed by atoms with Gasteiger partial charge in [-0.25, -0.2) is 8.42 Å². The van der Waals surface area contributed by atoms with Gasteiger partial charge in [0.1, 0.15) is 16.4 Å². The number of ether oxygens (including phenoxy) is 1. The number of halogens is 1. The Balaban J connectivity index is 1.49. The molecule has 0 spiro atoms. The molecule has 6 nitrogen and oxygen atoms in total. The Morgan fingerprint density at radius 1 is 0.794 bits per heavy atom. The van der Waals surface area contributed by atoms with Gasteiger partial charge in [-0.2, -0.15) is 0 Å². The molecule has 0 bridgehead atoms. The van der Waals surface area contributed by atoms with Crippen molar-refractivity contribution in [3.8, 4) is 11.5 Å². The lowest BCUT2D eigenvalue weighted by Crippen LogP contribution is -2.16. The summed E-state index contributed by atoms with van der Waals surface area (Å²) in [5.41, 5.74) is 1.99. The predicted octanol–water partition coefficient (Wildman–Crippen LogP) is 6.49. The Morgan fingerprint density at radius 2 is 1.50 bits per heavy atom. The molecule has 0 atom stereocenters. The van der Waals surface area contributed by atoms with E-state index in [2.05, 4.69) is 10.0 Å². The number of sulfonamides is 1. The zero-order chi connectivity index (χ0) is 24.1. The second-order valence-electron chi connectivity index (χ2n) is 7.51. The molecule has 0 unspecified atom stereocenters. The van der Waals surface area contributed by atoms with Crippen LogP contribution in [0.25, 0.3) is 0 Å². The van der Waals surface area contributed by atoms with Gasteiger partial charge in [-0.3, -0.25) is 9.52 Å². The van der Waals surface area contributed by atoms with Crippen LogP contribution in [-0.4, -0.2) is 14.3 Å². The Labute approximate surface area is 203 Å². The van der Waals surface area contributed by atoms with Gasteiger partial charge in [-0.05, 0) is 79.2 Å². The lowest BCUT2D eigenvalue weighted by atomic mass is 10.2. The van der Waals surface area contributed by atoms with Crippen molar-refractivity contribution in [3.63, 3.8) is 0 Å². The average molecular weight is 493 g/mol. The van der Waals surface area contributed by atoms with Crippen molar-refractivity contribution in [2.24, 2.45) is 0 Å². The second kappa shape index (κ2) is 9.99. The molecule has 0 aliphatic carbocycles.